The van der Waals surface area contributed by atoms with E-state index in [1.807, 2.05) is 49.4 Å². The molecule has 0 radical (unpaired) electrons. The summed E-state index contributed by atoms with van der Waals surface area (Å²) >= 11 is 0. The van der Waals surface area contributed by atoms with E-state index in [0.29, 0.717) is 31.0 Å². The lowest BCUT2D eigenvalue weighted by atomic mass is 9.92. The number of aryl methyl sites for hydroxylation is 4. The largest absolute Gasteiger partial charge is 0.384 e. The second kappa shape index (κ2) is 19.8. The van der Waals surface area contributed by atoms with Crippen molar-refractivity contribution < 1.29 is 9.59 Å². The van der Waals surface area contributed by atoms with Gasteiger partial charge in [0, 0.05) is 37.1 Å². The molecule has 5 rings (SSSR count). The standard InChI is InChI=1S/C49H60N4O2/c1-8-41(20-13-18-37-25-27-42(36(7)29-37)43-21-15-22-44(51-31-33(3)4)47(43)49(55)50-9-2)53-45-23-14-19-40(30-39-26-24-34(5)28-35(39)6)46(45)48(54)52-32-38-16-11-10-12-17-38/h10-12,14-17,19,21-29,33,41,51,53H,8-9,13,18,20,30-32H2,1-7H3,(H,50,55)(H,52,54). The summed E-state index contributed by atoms with van der Waals surface area (Å²) in [4.78, 5) is 27.4. The maximum atomic E-state index is 14.0. The van der Waals surface area contributed by atoms with Crippen LogP contribution in [0, 0.1) is 26.7 Å². The van der Waals surface area contributed by atoms with Crippen LogP contribution in [-0.4, -0.2) is 30.9 Å². The molecule has 0 spiro atoms. The fourth-order valence-corrected chi connectivity index (χ4v) is 7.32. The monoisotopic (exact) mass is 736 g/mol. The lowest BCUT2D eigenvalue weighted by molar-refractivity contribution is 0.0945. The molecule has 0 saturated heterocycles. The fraction of sp³-hybridized carbons (Fsp3) is 0.347. The number of hydrogen-bond donors (Lipinski definition) is 4. The Morgan fingerprint density at radius 3 is 2.11 bits per heavy atom. The molecule has 0 fully saturated rings. The molecule has 1 atom stereocenters. The van der Waals surface area contributed by atoms with Crippen molar-refractivity contribution in [1.82, 2.24) is 10.6 Å². The number of carbonyl (C=O) groups excluding carboxylic acids is 2. The average Bonchev–Trinajstić information content (AvgIpc) is 3.17. The Kier molecular flexibility index (Phi) is 14.7. The highest BCUT2D eigenvalue weighted by molar-refractivity contribution is 6.06. The van der Waals surface area contributed by atoms with Gasteiger partial charge in [-0.3, -0.25) is 9.59 Å². The Hall–Kier alpha value is -5.36. The van der Waals surface area contributed by atoms with Crippen molar-refractivity contribution in [2.24, 2.45) is 5.92 Å². The molecule has 5 aromatic carbocycles. The highest BCUT2D eigenvalue weighted by atomic mass is 16.2. The van der Waals surface area contributed by atoms with Gasteiger partial charge in [-0.05, 0) is 122 Å². The molecule has 0 heterocycles. The lowest BCUT2D eigenvalue weighted by Gasteiger charge is -2.23. The van der Waals surface area contributed by atoms with Gasteiger partial charge in [0.25, 0.3) is 11.8 Å². The van der Waals surface area contributed by atoms with E-state index in [4.69, 9.17) is 0 Å². The van der Waals surface area contributed by atoms with E-state index in [2.05, 4.69) is 123 Å². The molecule has 0 aliphatic rings. The lowest BCUT2D eigenvalue weighted by Crippen LogP contribution is -2.27. The zero-order valence-corrected chi connectivity index (χ0v) is 33.9. The van der Waals surface area contributed by atoms with Crippen LogP contribution in [0.1, 0.15) is 107 Å². The second-order valence-electron chi connectivity index (χ2n) is 15.3. The zero-order valence-electron chi connectivity index (χ0n) is 33.9. The van der Waals surface area contributed by atoms with Crippen LogP contribution in [0.4, 0.5) is 11.4 Å². The van der Waals surface area contributed by atoms with E-state index in [9.17, 15) is 9.59 Å². The second-order valence-corrected chi connectivity index (χ2v) is 15.3. The van der Waals surface area contributed by atoms with Gasteiger partial charge in [-0.2, -0.15) is 0 Å². The molecule has 1 unspecified atom stereocenters. The SMILES string of the molecule is CCNC(=O)c1c(NCC(C)C)cccc1-c1ccc(CCCC(CC)Nc2cccc(Cc3ccc(C)cc3C)c2C(=O)NCc2ccccc2)cc1C. The first kappa shape index (κ1) is 40.8. The summed E-state index contributed by atoms with van der Waals surface area (Å²) in [6.07, 6.45) is 4.53. The summed E-state index contributed by atoms with van der Waals surface area (Å²) < 4.78 is 0. The summed E-state index contributed by atoms with van der Waals surface area (Å²) in [6, 6.07) is 35.8. The number of hydrogen-bond acceptors (Lipinski definition) is 4. The van der Waals surface area contributed by atoms with Gasteiger partial charge in [0.15, 0.2) is 0 Å². The van der Waals surface area contributed by atoms with E-state index in [-0.39, 0.29) is 17.9 Å². The van der Waals surface area contributed by atoms with Gasteiger partial charge in [-0.15, -0.1) is 0 Å². The van der Waals surface area contributed by atoms with Crippen LogP contribution in [0.25, 0.3) is 11.1 Å². The predicted octanol–water partition coefficient (Wildman–Crippen LogP) is 10.8. The van der Waals surface area contributed by atoms with Crippen molar-refractivity contribution in [1.29, 1.82) is 0 Å². The van der Waals surface area contributed by atoms with E-state index < -0.39 is 0 Å². The molecule has 288 valence electrons. The summed E-state index contributed by atoms with van der Waals surface area (Å²) in [5.41, 5.74) is 13.4. The maximum Gasteiger partial charge on any atom is 0.254 e. The quantitative estimate of drug-likeness (QED) is 0.0722. The Labute approximate surface area is 329 Å². The van der Waals surface area contributed by atoms with E-state index >= 15 is 0 Å². The first-order valence-corrected chi connectivity index (χ1v) is 20.1. The van der Waals surface area contributed by atoms with Crippen LogP contribution in [0.5, 0.6) is 0 Å². The summed E-state index contributed by atoms with van der Waals surface area (Å²) in [6.45, 7) is 16.7. The molecule has 55 heavy (non-hydrogen) atoms. The highest BCUT2D eigenvalue weighted by Gasteiger charge is 2.21. The van der Waals surface area contributed by atoms with E-state index in [1.165, 1.54) is 22.3 Å². The van der Waals surface area contributed by atoms with Crippen molar-refractivity contribution in [3.8, 4) is 11.1 Å². The van der Waals surface area contributed by atoms with Crippen LogP contribution in [0.3, 0.4) is 0 Å². The van der Waals surface area contributed by atoms with Gasteiger partial charge in [-0.1, -0.05) is 117 Å². The van der Waals surface area contributed by atoms with Gasteiger partial charge in [-0.25, -0.2) is 0 Å². The fourth-order valence-electron chi connectivity index (χ4n) is 7.32. The van der Waals surface area contributed by atoms with Gasteiger partial charge < -0.3 is 21.3 Å². The smallest absolute Gasteiger partial charge is 0.254 e. The Morgan fingerprint density at radius 1 is 0.655 bits per heavy atom. The van der Waals surface area contributed by atoms with Crippen molar-refractivity contribution >= 4 is 23.2 Å². The Morgan fingerprint density at radius 2 is 1.40 bits per heavy atom. The highest BCUT2D eigenvalue weighted by Crippen LogP contribution is 2.33. The maximum absolute atomic E-state index is 14.0. The number of carbonyl (C=O) groups is 2. The summed E-state index contributed by atoms with van der Waals surface area (Å²) in [5.74, 6) is 0.339. The molecule has 0 saturated carbocycles. The van der Waals surface area contributed by atoms with Gasteiger partial charge in [0.05, 0.1) is 11.1 Å². The minimum absolute atomic E-state index is 0.0569. The molecule has 0 aliphatic heterocycles. The Balaban J connectivity index is 1.32. The Bertz CT molecular complexity index is 2050. The molecule has 6 nitrogen and oxygen atoms in total. The number of anilines is 2. The molecule has 6 heteroatoms. The zero-order chi connectivity index (χ0) is 39.3. The van der Waals surface area contributed by atoms with Crippen molar-refractivity contribution in [3.63, 3.8) is 0 Å². The minimum Gasteiger partial charge on any atom is -0.384 e. The van der Waals surface area contributed by atoms with E-state index in [0.717, 1.165) is 77.0 Å². The van der Waals surface area contributed by atoms with E-state index in [1.54, 1.807) is 0 Å². The molecule has 2 amide bonds. The average molecular weight is 737 g/mol. The van der Waals surface area contributed by atoms with Crippen molar-refractivity contribution in [2.45, 2.75) is 93.2 Å². The van der Waals surface area contributed by atoms with Crippen LogP contribution >= 0.6 is 0 Å². The minimum atomic E-state index is -0.0614. The van der Waals surface area contributed by atoms with Crippen molar-refractivity contribution in [2.75, 3.05) is 23.7 Å². The molecule has 0 aromatic heterocycles. The van der Waals surface area contributed by atoms with Gasteiger partial charge in [0.1, 0.15) is 0 Å². The molecule has 4 N–H and O–H groups in total. The number of rotatable bonds is 18. The first-order chi connectivity index (χ1) is 26.6. The summed E-state index contributed by atoms with van der Waals surface area (Å²) in [5, 5.41) is 13.5. The van der Waals surface area contributed by atoms with Crippen LogP contribution in [-0.2, 0) is 19.4 Å². The third-order valence-corrected chi connectivity index (χ3v) is 10.3. The van der Waals surface area contributed by atoms with Gasteiger partial charge >= 0.3 is 0 Å². The third kappa shape index (κ3) is 11.1. The van der Waals surface area contributed by atoms with Crippen LogP contribution in [0.15, 0.2) is 103 Å². The topological polar surface area (TPSA) is 82.3 Å². The number of benzene rings is 5. The molecular formula is C49H60N4O2. The van der Waals surface area contributed by atoms with Crippen molar-refractivity contribution in [3.05, 3.63) is 153 Å². The third-order valence-electron chi connectivity index (χ3n) is 10.3. The molecular weight excluding hydrogens is 677 g/mol. The predicted molar refractivity (Wildman–Crippen MR) is 231 cm³/mol. The normalized spacial score (nSPS) is 11.6. The number of amides is 2. The van der Waals surface area contributed by atoms with Crippen LogP contribution < -0.4 is 21.3 Å². The van der Waals surface area contributed by atoms with Gasteiger partial charge in [0.2, 0.25) is 0 Å². The van der Waals surface area contributed by atoms with Crippen LogP contribution in [0.2, 0.25) is 0 Å². The molecule has 5 aromatic rings. The summed E-state index contributed by atoms with van der Waals surface area (Å²) in [7, 11) is 0. The first-order valence-electron chi connectivity index (χ1n) is 20.1. The number of nitrogens with one attached hydrogen (secondary N) is 4. The molecule has 0 bridgehead atoms. The molecule has 0 aliphatic carbocycles.